The number of carbonyl (C=O) groups is 3. The molecule has 8 heteroatoms. The third-order valence-corrected chi connectivity index (χ3v) is 4.00. The van der Waals surface area contributed by atoms with Crippen LogP contribution in [0.2, 0.25) is 0 Å². The molecule has 0 radical (unpaired) electrons. The van der Waals surface area contributed by atoms with Crippen LogP contribution in [0.25, 0.3) is 0 Å². The molecule has 0 saturated carbocycles. The second-order valence-electron chi connectivity index (χ2n) is 5.02. The fourth-order valence-electron chi connectivity index (χ4n) is 1.93. The van der Waals surface area contributed by atoms with Gasteiger partial charge in [0.1, 0.15) is 6.54 Å². The molecule has 1 N–H and O–H groups in total. The number of aryl methyl sites for hydroxylation is 1. The van der Waals surface area contributed by atoms with Gasteiger partial charge in [0.2, 0.25) is 5.91 Å². The van der Waals surface area contributed by atoms with Crippen molar-refractivity contribution < 1.29 is 19.1 Å². The van der Waals surface area contributed by atoms with Crippen LogP contribution in [0.3, 0.4) is 0 Å². The summed E-state index contributed by atoms with van der Waals surface area (Å²) in [5.41, 5.74) is 1.41. The first-order chi connectivity index (χ1) is 11.5. The Morgan fingerprint density at radius 2 is 1.88 bits per heavy atom. The van der Waals surface area contributed by atoms with Crippen molar-refractivity contribution in [2.75, 3.05) is 6.61 Å². The van der Waals surface area contributed by atoms with Crippen molar-refractivity contribution in [3.05, 3.63) is 56.6 Å². The molecule has 1 heterocycles. The Morgan fingerprint density at radius 3 is 2.50 bits per heavy atom. The van der Waals surface area contributed by atoms with Gasteiger partial charge >= 0.3 is 10.8 Å². The lowest BCUT2D eigenvalue weighted by Gasteiger charge is -2.07. The van der Waals surface area contributed by atoms with Gasteiger partial charge in [-0.2, -0.15) is 0 Å². The van der Waals surface area contributed by atoms with Crippen LogP contribution in [0.1, 0.15) is 11.3 Å². The molecule has 0 saturated heterocycles. The van der Waals surface area contributed by atoms with E-state index in [4.69, 9.17) is 4.74 Å². The highest BCUT2D eigenvalue weighted by Gasteiger charge is 2.13. The molecule has 126 valence electrons. The van der Waals surface area contributed by atoms with E-state index in [9.17, 15) is 19.2 Å². The molecule has 0 aliphatic carbocycles. The number of imide groups is 1. The van der Waals surface area contributed by atoms with Crippen molar-refractivity contribution in [3.8, 4) is 0 Å². The maximum Gasteiger partial charge on any atom is 0.326 e. The minimum absolute atomic E-state index is 0.0595. The molecule has 7 nitrogen and oxygen atoms in total. The smallest absolute Gasteiger partial charge is 0.326 e. The molecule has 2 amide bonds. The summed E-state index contributed by atoms with van der Waals surface area (Å²) in [6.45, 7) is 0.858. The summed E-state index contributed by atoms with van der Waals surface area (Å²) < 4.78 is 6.04. The highest BCUT2D eigenvalue weighted by atomic mass is 32.1. The predicted octanol–water partition coefficient (Wildman–Crippen LogP) is 0.647. The molecule has 1 aromatic carbocycles. The van der Waals surface area contributed by atoms with Gasteiger partial charge in [-0.1, -0.05) is 41.7 Å². The Hall–Kier alpha value is -2.74. The number of hydrogen-bond acceptors (Lipinski definition) is 6. The molecule has 0 unspecified atom stereocenters. The summed E-state index contributed by atoms with van der Waals surface area (Å²) >= 11 is 0.982. The van der Waals surface area contributed by atoms with E-state index in [1.807, 2.05) is 6.07 Å². The highest BCUT2D eigenvalue weighted by molar-refractivity contribution is 7.07. The summed E-state index contributed by atoms with van der Waals surface area (Å²) in [5, 5.41) is 3.77. The van der Waals surface area contributed by atoms with Crippen molar-refractivity contribution in [2.45, 2.75) is 19.9 Å². The van der Waals surface area contributed by atoms with E-state index < -0.39 is 24.4 Å². The van der Waals surface area contributed by atoms with Gasteiger partial charge in [-0.05, 0) is 12.5 Å². The zero-order valence-corrected chi connectivity index (χ0v) is 13.8. The van der Waals surface area contributed by atoms with Crippen molar-refractivity contribution in [3.63, 3.8) is 0 Å². The maximum atomic E-state index is 11.7. The summed E-state index contributed by atoms with van der Waals surface area (Å²) in [5.74, 6) is -1.91. The molecule has 24 heavy (non-hydrogen) atoms. The number of hydrogen-bond donors (Lipinski definition) is 1. The molecule has 1 aromatic heterocycles. The van der Waals surface area contributed by atoms with Gasteiger partial charge in [0.25, 0.3) is 5.91 Å². The Kier molecular flexibility index (Phi) is 6.02. The van der Waals surface area contributed by atoms with E-state index in [2.05, 4.69) is 5.32 Å². The number of nitrogens with one attached hydrogen (secondary N) is 1. The summed E-state index contributed by atoms with van der Waals surface area (Å²) in [7, 11) is 0. The van der Waals surface area contributed by atoms with Crippen LogP contribution in [0.15, 0.2) is 40.5 Å². The number of benzene rings is 1. The Labute approximate surface area is 141 Å². The van der Waals surface area contributed by atoms with Crippen LogP contribution in [-0.4, -0.2) is 29.0 Å². The van der Waals surface area contributed by atoms with Crippen molar-refractivity contribution in [1.82, 2.24) is 9.88 Å². The van der Waals surface area contributed by atoms with Crippen molar-refractivity contribution in [1.29, 1.82) is 0 Å². The Bertz CT molecular complexity index is 794. The Morgan fingerprint density at radius 1 is 1.17 bits per heavy atom. The van der Waals surface area contributed by atoms with Gasteiger partial charge in [0, 0.05) is 11.1 Å². The van der Waals surface area contributed by atoms with Crippen LogP contribution in [0.5, 0.6) is 0 Å². The first-order valence-electron chi connectivity index (χ1n) is 7.13. The molecule has 0 aliphatic rings. The average molecular weight is 348 g/mol. The maximum absolute atomic E-state index is 11.7. The van der Waals surface area contributed by atoms with E-state index >= 15 is 0 Å². The fourth-order valence-corrected chi connectivity index (χ4v) is 2.67. The molecule has 0 spiro atoms. The van der Waals surface area contributed by atoms with Gasteiger partial charge in [0.15, 0.2) is 6.61 Å². The molecule has 0 bridgehead atoms. The van der Waals surface area contributed by atoms with Gasteiger partial charge in [-0.15, -0.1) is 0 Å². The predicted molar refractivity (Wildman–Crippen MR) is 87.6 cm³/mol. The van der Waals surface area contributed by atoms with Gasteiger partial charge in [-0.3, -0.25) is 29.1 Å². The van der Waals surface area contributed by atoms with Gasteiger partial charge in [0.05, 0.1) is 6.42 Å². The van der Waals surface area contributed by atoms with Crippen molar-refractivity contribution >= 4 is 29.1 Å². The number of nitrogens with zero attached hydrogens (tertiary/aromatic N) is 1. The molecule has 0 aliphatic heterocycles. The van der Waals surface area contributed by atoms with Gasteiger partial charge in [-0.25, -0.2) is 0 Å². The van der Waals surface area contributed by atoms with Crippen LogP contribution >= 0.6 is 11.3 Å². The summed E-state index contributed by atoms with van der Waals surface area (Å²) in [6.07, 6.45) is 0.0595. The van der Waals surface area contributed by atoms with Gasteiger partial charge < -0.3 is 4.74 Å². The van der Waals surface area contributed by atoms with Crippen LogP contribution in [0.4, 0.5) is 0 Å². The van der Waals surface area contributed by atoms with Crippen LogP contribution < -0.4 is 10.2 Å². The molecule has 2 rings (SSSR count). The lowest BCUT2D eigenvalue weighted by Crippen LogP contribution is -2.35. The zero-order valence-electron chi connectivity index (χ0n) is 13.0. The number of carbonyl (C=O) groups excluding carboxylic acids is 3. The number of rotatable bonds is 6. The van der Waals surface area contributed by atoms with E-state index in [0.717, 1.165) is 16.9 Å². The molecule has 0 atom stereocenters. The monoisotopic (exact) mass is 348 g/mol. The normalized spacial score (nSPS) is 10.2. The van der Waals surface area contributed by atoms with Crippen LogP contribution in [-0.2, 0) is 32.1 Å². The number of amides is 2. The standard InChI is InChI=1S/C16H16N2O5S/c1-11-10-24-16(22)18(11)8-15(21)23-9-14(20)17-13(19)7-12-5-3-2-4-6-12/h2-6,10H,7-9H2,1H3,(H,17,19,20). The largest absolute Gasteiger partial charge is 0.454 e. The van der Waals surface area contributed by atoms with Crippen molar-refractivity contribution in [2.24, 2.45) is 0 Å². The number of esters is 1. The quantitative estimate of drug-likeness (QED) is 0.774. The van der Waals surface area contributed by atoms with E-state index in [1.165, 1.54) is 4.57 Å². The second kappa shape index (κ2) is 8.21. The first-order valence-corrected chi connectivity index (χ1v) is 8.01. The Balaban J connectivity index is 1.75. The van der Waals surface area contributed by atoms with Crippen LogP contribution in [0, 0.1) is 6.92 Å². The number of aromatic nitrogens is 1. The SMILES string of the molecule is Cc1csc(=O)n1CC(=O)OCC(=O)NC(=O)Cc1ccccc1. The molecule has 2 aromatic rings. The average Bonchev–Trinajstić information content (AvgIpc) is 2.85. The molecular weight excluding hydrogens is 332 g/mol. The molecule has 0 fully saturated rings. The second-order valence-corrected chi connectivity index (χ2v) is 5.84. The summed E-state index contributed by atoms with van der Waals surface area (Å²) in [4.78, 5) is 46.2. The van der Waals surface area contributed by atoms with E-state index in [0.29, 0.717) is 5.69 Å². The highest BCUT2D eigenvalue weighted by Crippen LogP contribution is 2.00. The minimum Gasteiger partial charge on any atom is -0.454 e. The summed E-state index contributed by atoms with van der Waals surface area (Å²) in [6, 6.07) is 8.95. The third kappa shape index (κ3) is 5.17. The fraction of sp³-hybridized carbons (Fsp3) is 0.250. The first kappa shape index (κ1) is 17.6. The molecular formula is C16H16N2O5S. The number of ether oxygens (including phenoxy) is 1. The van der Waals surface area contributed by atoms with E-state index in [1.54, 1.807) is 36.6 Å². The topological polar surface area (TPSA) is 94.5 Å². The lowest BCUT2D eigenvalue weighted by molar-refractivity contribution is -0.150. The number of thiazole rings is 1. The lowest BCUT2D eigenvalue weighted by atomic mass is 10.1. The van der Waals surface area contributed by atoms with E-state index in [-0.39, 0.29) is 17.8 Å². The minimum atomic E-state index is -0.718. The third-order valence-electron chi connectivity index (χ3n) is 3.11. The zero-order chi connectivity index (χ0) is 17.5.